The van der Waals surface area contributed by atoms with Crippen molar-refractivity contribution in [1.82, 2.24) is 9.97 Å². The summed E-state index contributed by atoms with van der Waals surface area (Å²) < 4.78 is 4.83. The summed E-state index contributed by atoms with van der Waals surface area (Å²) in [6, 6.07) is 3.48. The number of nitrogens with zero attached hydrogens (tertiary/aromatic N) is 1. The number of aryl methyl sites for hydroxylation is 1. The van der Waals surface area contributed by atoms with Crippen LogP contribution < -0.4 is 10.3 Å². The average Bonchev–Trinajstić information content (AvgIpc) is 2.20. The highest BCUT2D eigenvalue weighted by Gasteiger charge is 2.06. The number of aromatic nitrogens is 2. The van der Waals surface area contributed by atoms with Gasteiger partial charge in [0.1, 0.15) is 0 Å². The highest BCUT2D eigenvalue weighted by molar-refractivity contribution is 6.32. The summed E-state index contributed by atoms with van der Waals surface area (Å²) in [6.45, 7) is 1.87. The lowest BCUT2D eigenvalue weighted by Gasteiger charge is -2.03. The molecule has 5 heteroatoms. The van der Waals surface area contributed by atoms with E-state index < -0.39 is 0 Å². The average molecular weight is 225 g/mol. The monoisotopic (exact) mass is 224 g/mol. The van der Waals surface area contributed by atoms with Crippen molar-refractivity contribution in [1.29, 1.82) is 0 Å². The zero-order chi connectivity index (χ0) is 11.0. The first-order valence-corrected chi connectivity index (χ1v) is 4.74. The molecule has 0 aliphatic rings. The highest BCUT2D eigenvalue weighted by Crippen LogP contribution is 2.20. The van der Waals surface area contributed by atoms with Crippen LogP contribution in [0.2, 0.25) is 5.02 Å². The molecule has 0 fully saturated rings. The quantitative estimate of drug-likeness (QED) is 0.805. The van der Waals surface area contributed by atoms with Crippen LogP contribution in [0.4, 0.5) is 0 Å². The smallest absolute Gasteiger partial charge is 0.311 e. The Morgan fingerprint density at radius 2 is 2.20 bits per heavy atom. The van der Waals surface area contributed by atoms with Gasteiger partial charge in [-0.2, -0.15) is 0 Å². The fraction of sp³-hybridized carbons (Fsp3) is 0.200. The van der Waals surface area contributed by atoms with Gasteiger partial charge in [0.05, 0.1) is 18.1 Å². The standard InChI is InChI=1S/C10H9ClN2O2/c1-5-3-7-8(4-6(5)11)13-10(15-2)9(14)12-7/h3-4H,1-2H3,(H,12,14). The molecular weight excluding hydrogens is 216 g/mol. The third kappa shape index (κ3) is 1.68. The Hall–Kier alpha value is -1.55. The van der Waals surface area contributed by atoms with Crippen molar-refractivity contribution < 1.29 is 4.74 Å². The minimum atomic E-state index is -0.341. The van der Waals surface area contributed by atoms with E-state index in [-0.39, 0.29) is 11.4 Å². The number of H-pyrrole nitrogens is 1. The van der Waals surface area contributed by atoms with Crippen LogP contribution in [0.15, 0.2) is 16.9 Å². The minimum absolute atomic E-state index is 0.0439. The van der Waals surface area contributed by atoms with E-state index in [1.807, 2.05) is 6.92 Å². The topological polar surface area (TPSA) is 55.0 Å². The molecule has 0 unspecified atom stereocenters. The van der Waals surface area contributed by atoms with E-state index >= 15 is 0 Å². The maximum atomic E-state index is 11.4. The van der Waals surface area contributed by atoms with Gasteiger partial charge in [-0.3, -0.25) is 4.79 Å². The predicted octanol–water partition coefficient (Wildman–Crippen LogP) is 1.89. The molecule has 0 aliphatic heterocycles. The van der Waals surface area contributed by atoms with Gasteiger partial charge in [0.15, 0.2) is 0 Å². The molecule has 0 amide bonds. The third-order valence-corrected chi connectivity index (χ3v) is 2.54. The lowest BCUT2D eigenvalue weighted by atomic mass is 10.2. The van der Waals surface area contributed by atoms with E-state index in [4.69, 9.17) is 16.3 Å². The molecule has 1 aromatic heterocycles. The van der Waals surface area contributed by atoms with E-state index in [0.717, 1.165) is 5.56 Å². The van der Waals surface area contributed by atoms with Gasteiger partial charge < -0.3 is 9.72 Å². The van der Waals surface area contributed by atoms with Gasteiger partial charge in [-0.05, 0) is 24.6 Å². The first-order chi connectivity index (χ1) is 7.11. The third-order valence-electron chi connectivity index (χ3n) is 2.13. The SMILES string of the molecule is COc1nc2cc(Cl)c(C)cc2[nH]c1=O. The van der Waals surface area contributed by atoms with Crippen molar-refractivity contribution in [2.24, 2.45) is 0 Å². The summed E-state index contributed by atoms with van der Waals surface area (Å²) >= 11 is 5.95. The predicted molar refractivity (Wildman–Crippen MR) is 58.7 cm³/mol. The summed E-state index contributed by atoms with van der Waals surface area (Å²) in [5, 5.41) is 0.615. The molecule has 1 heterocycles. The number of methoxy groups -OCH3 is 1. The fourth-order valence-corrected chi connectivity index (χ4v) is 1.50. The Morgan fingerprint density at radius 1 is 1.47 bits per heavy atom. The Bertz CT molecular complexity index is 577. The van der Waals surface area contributed by atoms with Gasteiger partial charge in [0.25, 0.3) is 5.88 Å². The number of rotatable bonds is 1. The number of benzene rings is 1. The van der Waals surface area contributed by atoms with Crippen LogP contribution in [0.1, 0.15) is 5.56 Å². The second-order valence-electron chi connectivity index (χ2n) is 3.19. The maximum absolute atomic E-state index is 11.4. The van der Waals surface area contributed by atoms with E-state index in [2.05, 4.69) is 9.97 Å². The first-order valence-electron chi connectivity index (χ1n) is 4.36. The molecule has 0 spiro atoms. The van der Waals surface area contributed by atoms with Gasteiger partial charge in [-0.15, -0.1) is 0 Å². The molecule has 0 saturated heterocycles. The van der Waals surface area contributed by atoms with Crippen molar-refractivity contribution >= 4 is 22.6 Å². The number of fused-ring (bicyclic) bond motifs is 1. The molecule has 78 valence electrons. The van der Waals surface area contributed by atoms with Gasteiger partial charge in [-0.25, -0.2) is 4.98 Å². The van der Waals surface area contributed by atoms with E-state index in [1.54, 1.807) is 12.1 Å². The molecule has 1 N–H and O–H groups in total. The van der Waals surface area contributed by atoms with Crippen LogP contribution in [0.3, 0.4) is 0 Å². The summed E-state index contributed by atoms with van der Waals surface area (Å²) in [5.74, 6) is 0.0439. The van der Waals surface area contributed by atoms with Gasteiger partial charge in [-0.1, -0.05) is 11.6 Å². The number of hydrogen-bond acceptors (Lipinski definition) is 3. The molecular formula is C10H9ClN2O2. The van der Waals surface area contributed by atoms with Gasteiger partial charge in [0.2, 0.25) is 0 Å². The highest BCUT2D eigenvalue weighted by atomic mass is 35.5. The molecule has 0 radical (unpaired) electrons. The Kier molecular flexibility index (Phi) is 2.36. The van der Waals surface area contributed by atoms with Crippen molar-refractivity contribution in [3.8, 4) is 5.88 Å². The Balaban J connectivity index is 2.82. The Morgan fingerprint density at radius 3 is 2.87 bits per heavy atom. The van der Waals surface area contributed by atoms with Gasteiger partial charge in [0, 0.05) is 5.02 Å². The maximum Gasteiger partial charge on any atom is 0.311 e. The summed E-state index contributed by atoms with van der Waals surface area (Å²) in [7, 11) is 1.40. The summed E-state index contributed by atoms with van der Waals surface area (Å²) in [6.07, 6.45) is 0. The number of aromatic amines is 1. The molecule has 2 aromatic rings. The number of ether oxygens (including phenoxy) is 1. The van der Waals surface area contributed by atoms with Crippen molar-refractivity contribution in [2.45, 2.75) is 6.92 Å². The second kappa shape index (κ2) is 3.55. The lowest BCUT2D eigenvalue weighted by molar-refractivity contribution is 0.393. The van der Waals surface area contributed by atoms with E-state index in [1.165, 1.54) is 7.11 Å². The van der Waals surface area contributed by atoms with E-state index in [9.17, 15) is 4.79 Å². The molecule has 0 bridgehead atoms. The normalized spacial score (nSPS) is 10.6. The largest absolute Gasteiger partial charge is 0.477 e. The number of halogens is 1. The molecule has 0 saturated carbocycles. The van der Waals surface area contributed by atoms with Crippen molar-refractivity contribution in [2.75, 3.05) is 7.11 Å². The van der Waals surface area contributed by atoms with Crippen LogP contribution in [-0.2, 0) is 0 Å². The second-order valence-corrected chi connectivity index (χ2v) is 3.60. The van der Waals surface area contributed by atoms with Crippen molar-refractivity contribution in [3.05, 3.63) is 33.1 Å². The molecule has 1 aromatic carbocycles. The zero-order valence-corrected chi connectivity index (χ0v) is 9.05. The van der Waals surface area contributed by atoms with Crippen LogP contribution in [-0.4, -0.2) is 17.1 Å². The van der Waals surface area contributed by atoms with Crippen LogP contribution >= 0.6 is 11.6 Å². The first kappa shape index (κ1) is 9.98. The van der Waals surface area contributed by atoms with Crippen molar-refractivity contribution in [3.63, 3.8) is 0 Å². The minimum Gasteiger partial charge on any atom is -0.477 e. The van der Waals surface area contributed by atoms with E-state index in [0.29, 0.717) is 16.1 Å². The van der Waals surface area contributed by atoms with Crippen LogP contribution in [0.5, 0.6) is 5.88 Å². The fourth-order valence-electron chi connectivity index (χ4n) is 1.34. The molecule has 2 rings (SSSR count). The Labute approximate surface area is 90.9 Å². The molecule has 0 aliphatic carbocycles. The lowest BCUT2D eigenvalue weighted by Crippen LogP contribution is -2.11. The zero-order valence-electron chi connectivity index (χ0n) is 8.30. The number of nitrogens with one attached hydrogen (secondary N) is 1. The molecule has 0 atom stereocenters. The number of hydrogen-bond donors (Lipinski definition) is 1. The summed E-state index contributed by atoms with van der Waals surface area (Å²) in [4.78, 5) is 18.1. The molecule has 15 heavy (non-hydrogen) atoms. The van der Waals surface area contributed by atoms with Gasteiger partial charge >= 0.3 is 5.56 Å². The summed E-state index contributed by atoms with van der Waals surface area (Å²) in [5.41, 5.74) is 1.82. The molecule has 4 nitrogen and oxygen atoms in total. The van der Waals surface area contributed by atoms with Crippen LogP contribution in [0, 0.1) is 6.92 Å². The van der Waals surface area contributed by atoms with Crippen LogP contribution in [0.25, 0.3) is 11.0 Å².